The quantitative estimate of drug-likeness (QED) is 0.724. The van der Waals surface area contributed by atoms with Crippen LogP contribution in [0.15, 0.2) is 42.5 Å². The SMILES string of the molecule is Fc1cccc(CC(Br)C2Cc3ccccc32)c1F. The average Bonchev–Trinajstić information content (AvgIpc) is 2.36. The summed E-state index contributed by atoms with van der Waals surface area (Å²) in [5.74, 6) is -1.11. The van der Waals surface area contributed by atoms with Crippen molar-refractivity contribution in [2.45, 2.75) is 23.6 Å². The zero-order valence-corrected chi connectivity index (χ0v) is 11.8. The van der Waals surface area contributed by atoms with Crippen molar-refractivity contribution >= 4 is 15.9 Å². The highest BCUT2D eigenvalue weighted by molar-refractivity contribution is 9.09. The van der Waals surface area contributed by atoms with Crippen molar-refractivity contribution in [3.63, 3.8) is 0 Å². The molecule has 2 aromatic rings. The Bertz CT molecular complexity index is 609. The molecule has 0 spiro atoms. The van der Waals surface area contributed by atoms with Crippen LogP contribution in [0.1, 0.15) is 22.6 Å². The van der Waals surface area contributed by atoms with Crippen molar-refractivity contribution < 1.29 is 8.78 Å². The van der Waals surface area contributed by atoms with Gasteiger partial charge in [-0.1, -0.05) is 52.3 Å². The highest BCUT2D eigenvalue weighted by Gasteiger charge is 2.31. The van der Waals surface area contributed by atoms with E-state index < -0.39 is 11.6 Å². The van der Waals surface area contributed by atoms with Crippen LogP contribution >= 0.6 is 15.9 Å². The molecule has 1 aliphatic rings. The van der Waals surface area contributed by atoms with Gasteiger partial charge in [-0.25, -0.2) is 8.78 Å². The molecule has 0 amide bonds. The predicted octanol–water partition coefficient (Wildman–Crippen LogP) is 4.61. The van der Waals surface area contributed by atoms with Crippen LogP contribution in [0.2, 0.25) is 0 Å². The van der Waals surface area contributed by atoms with E-state index in [9.17, 15) is 8.78 Å². The standard InChI is InChI=1S/C16H13BrF2/c17-14(9-11-5-3-7-15(18)16(11)19)13-8-10-4-1-2-6-12(10)13/h1-7,13-14H,8-9H2. The first-order chi connectivity index (χ1) is 9.16. The molecule has 0 fully saturated rings. The second-order valence-corrected chi connectivity index (χ2v) is 6.12. The van der Waals surface area contributed by atoms with Gasteiger partial charge in [-0.05, 0) is 35.6 Å². The van der Waals surface area contributed by atoms with E-state index in [-0.39, 0.29) is 4.83 Å². The number of rotatable bonds is 3. The fourth-order valence-corrected chi connectivity index (χ4v) is 3.50. The Hall–Kier alpha value is -1.22. The Morgan fingerprint density at radius 1 is 1.11 bits per heavy atom. The number of alkyl halides is 1. The third kappa shape index (κ3) is 2.32. The minimum absolute atomic E-state index is 0.138. The fourth-order valence-electron chi connectivity index (χ4n) is 2.68. The van der Waals surface area contributed by atoms with Gasteiger partial charge in [0.2, 0.25) is 0 Å². The van der Waals surface area contributed by atoms with Gasteiger partial charge in [-0.2, -0.15) is 0 Å². The van der Waals surface area contributed by atoms with E-state index in [0.717, 1.165) is 12.5 Å². The smallest absolute Gasteiger partial charge is 0.162 e. The maximum atomic E-state index is 13.6. The maximum absolute atomic E-state index is 13.6. The van der Waals surface area contributed by atoms with Crippen LogP contribution in [-0.4, -0.2) is 4.83 Å². The van der Waals surface area contributed by atoms with Crippen molar-refractivity contribution in [1.82, 2.24) is 0 Å². The monoisotopic (exact) mass is 322 g/mol. The van der Waals surface area contributed by atoms with E-state index in [1.165, 1.54) is 11.1 Å². The molecule has 3 rings (SSSR count). The summed E-state index contributed by atoms with van der Waals surface area (Å²) in [5.41, 5.74) is 3.11. The number of fused-ring (bicyclic) bond motifs is 1. The maximum Gasteiger partial charge on any atom is 0.162 e. The van der Waals surface area contributed by atoms with E-state index >= 15 is 0 Å². The molecule has 0 bridgehead atoms. The molecule has 2 unspecified atom stereocenters. The molecule has 0 saturated heterocycles. The summed E-state index contributed by atoms with van der Waals surface area (Å²) >= 11 is 3.63. The molecular weight excluding hydrogens is 310 g/mol. The number of benzene rings is 2. The van der Waals surface area contributed by atoms with Crippen LogP contribution in [0.3, 0.4) is 0 Å². The second kappa shape index (κ2) is 5.04. The topological polar surface area (TPSA) is 0 Å². The van der Waals surface area contributed by atoms with Gasteiger partial charge < -0.3 is 0 Å². The first kappa shape index (κ1) is 12.8. The molecule has 19 heavy (non-hydrogen) atoms. The molecule has 0 heterocycles. The summed E-state index contributed by atoms with van der Waals surface area (Å²) in [7, 11) is 0. The Morgan fingerprint density at radius 2 is 1.89 bits per heavy atom. The lowest BCUT2D eigenvalue weighted by Crippen LogP contribution is -2.26. The van der Waals surface area contributed by atoms with Crippen molar-refractivity contribution in [2.24, 2.45) is 0 Å². The third-order valence-electron chi connectivity index (χ3n) is 3.78. The molecule has 2 aromatic carbocycles. The Kier molecular flexibility index (Phi) is 3.40. The number of hydrogen-bond acceptors (Lipinski definition) is 0. The van der Waals surface area contributed by atoms with E-state index in [4.69, 9.17) is 0 Å². The molecule has 0 N–H and O–H groups in total. The molecule has 0 radical (unpaired) electrons. The van der Waals surface area contributed by atoms with E-state index in [1.807, 2.05) is 12.1 Å². The molecule has 2 atom stereocenters. The van der Waals surface area contributed by atoms with Crippen molar-refractivity contribution in [3.05, 3.63) is 70.8 Å². The number of halogens is 3. The summed E-state index contributed by atoms with van der Waals surface area (Å²) in [5, 5.41) is 0. The molecule has 0 aromatic heterocycles. The van der Waals surface area contributed by atoms with Crippen LogP contribution in [0, 0.1) is 11.6 Å². The van der Waals surface area contributed by atoms with Gasteiger partial charge in [0.1, 0.15) is 0 Å². The molecule has 1 aliphatic carbocycles. The Labute approximate surface area is 119 Å². The molecular formula is C16H13BrF2. The Morgan fingerprint density at radius 3 is 2.68 bits per heavy atom. The van der Waals surface area contributed by atoms with Crippen LogP contribution in [0.5, 0.6) is 0 Å². The average molecular weight is 323 g/mol. The lowest BCUT2D eigenvalue weighted by molar-refractivity contribution is 0.492. The minimum Gasteiger partial charge on any atom is -0.204 e. The second-order valence-electron chi connectivity index (χ2n) is 4.94. The highest BCUT2D eigenvalue weighted by Crippen LogP contribution is 2.41. The van der Waals surface area contributed by atoms with Gasteiger partial charge in [0.15, 0.2) is 11.6 Å². The van der Waals surface area contributed by atoms with Crippen LogP contribution in [0.4, 0.5) is 8.78 Å². The fraction of sp³-hybridized carbons (Fsp3) is 0.250. The predicted molar refractivity (Wildman–Crippen MR) is 75.7 cm³/mol. The zero-order chi connectivity index (χ0) is 13.4. The number of hydrogen-bond donors (Lipinski definition) is 0. The molecule has 0 saturated carbocycles. The van der Waals surface area contributed by atoms with Crippen molar-refractivity contribution in [1.29, 1.82) is 0 Å². The Balaban J connectivity index is 1.77. The van der Waals surface area contributed by atoms with Crippen LogP contribution in [0.25, 0.3) is 0 Å². The van der Waals surface area contributed by atoms with E-state index in [1.54, 1.807) is 12.1 Å². The van der Waals surface area contributed by atoms with Crippen molar-refractivity contribution in [3.8, 4) is 0 Å². The van der Waals surface area contributed by atoms with Crippen LogP contribution < -0.4 is 0 Å². The van der Waals surface area contributed by atoms with E-state index in [0.29, 0.717) is 17.9 Å². The van der Waals surface area contributed by atoms with Crippen molar-refractivity contribution in [2.75, 3.05) is 0 Å². The van der Waals surface area contributed by atoms with Crippen LogP contribution in [-0.2, 0) is 12.8 Å². The normalized spacial score (nSPS) is 18.6. The minimum atomic E-state index is -0.772. The summed E-state index contributed by atoms with van der Waals surface area (Å²) < 4.78 is 26.8. The molecule has 0 aliphatic heterocycles. The third-order valence-corrected chi connectivity index (χ3v) is 4.74. The first-order valence-electron chi connectivity index (χ1n) is 6.31. The lowest BCUT2D eigenvalue weighted by Gasteiger charge is -2.34. The summed E-state index contributed by atoms with van der Waals surface area (Å²) in [6.45, 7) is 0. The molecule has 98 valence electrons. The lowest BCUT2D eigenvalue weighted by atomic mass is 9.75. The van der Waals surface area contributed by atoms with Gasteiger partial charge in [-0.3, -0.25) is 0 Å². The summed E-state index contributed by atoms with van der Waals surface area (Å²) in [6, 6.07) is 12.6. The summed E-state index contributed by atoms with van der Waals surface area (Å²) in [4.78, 5) is 0.138. The highest BCUT2D eigenvalue weighted by atomic mass is 79.9. The zero-order valence-electron chi connectivity index (χ0n) is 10.2. The van der Waals surface area contributed by atoms with Gasteiger partial charge in [0, 0.05) is 10.7 Å². The largest absolute Gasteiger partial charge is 0.204 e. The van der Waals surface area contributed by atoms with E-state index in [2.05, 4.69) is 28.1 Å². The molecule has 3 heteroatoms. The summed E-state index contributed by atoms with van der Waals surface area (Å²) in [6.07, 6.45) is 1.51. The van der Waals surface area contributed by atoms with Gasteiger partial charge in [0.05, 0.1) is 0 Å². The molecule has 0 nitrogen and oxygen atoms in total. The van der Waals surface area contributed by atoms with Gasteiger partial charge >= 0.3 is 0 Å². The van der Waals surface area contributed by atoms with Gasteiger partial charge in [-0.15, -0.1) is 0 Å². The van der Waals surface area contributed by atoms with Gasteiger partial charge in [0.25, 0.3) is 0 Å². The first-order valence-corrected chi connectivity index (χ1v) is 7.23.